The van der Waals surface area contributed by atoms with Crippen molar-refractivity contribution in [2.45, 2.75) is 40.0 Å². The molecule has 0 heterocycles. The van der Waals surface area contributed by atoms with Gasteiger partial charge >= 0.3 is 0 Å². The van der Waals surface area contributed by atoms with Gasteiger partial charge in [-0.15, -0.1) is 0 Å². The van der Waals surface area contributed by atoms with E-state index in [1.165, 1.54) is 19.3 Å². The monoisotopic (exact) mass is 174 g/mol. The van der Waals surface area contributed by atoms with Gasteiger partial charge in [0, 0.05) is 6.61 Å². The van der Waals surface area contributed by atoms with E-state index in [1.807, 2.05) is 26.0 Å². The lowest BCUT2D eigenvalue weighted by molar-refractivity contribution is 0.335. The van der Waals surface area contributed by atoms with Gasteiger partial charge in [0.2, 0.25) is 0 Å². The second kappa shape index (κ2) is 16.5. The van der Waals surface area contributed by atoms with E-state index in [2.05, 4.69) is 6.92 Å². The Balaban J connectivity index is 0. The van der Waals surface area contributed by atoms with Crippen molar-refractivity contribution in [3.8, 4) is 0 Å². The largest absolute Gasteiger partial charge is 0.428 e. The minimum absolute atomic E-state index is 0.906. The van der Waals surface area contributed by atoms with E-state index in [-0.39, 0.29) is 0 Å². The van der Waals surface area contributed by atoms with Crippen molar-refractivity contribution >= 4 is 10.5 Å². The first-order valence-electron chi connectivity index (χ1n) is 4.39. The lowest BCUT2D eigenvalue weighted by Crippen LogP contribution is -1.87. The van der Waals surface area contributed by atoms with Gasteiger partial charge in [0.1, 0.15) is 10.5 Å². The molecule has 0 saturated carbocycles. The molecule has 0 rings (SSSR count). The fraction of sp³-hybridized carbons (Fsp3) is 0.778. The van der Waals surface area contributed by atoms with E-state index in [4.69, 9.17) is 4.43 Å². The molecule has 0 fully saturated rings. The molecule has 0 aliphatic carbocycles. The molecule has 11 heavy (non-hydrogen) atoms. The number of rotatable bonds is 4. The first kappa shape index (κ1) is 13.5. The van der Waals surface area contributed by atoms with Gasteiger partial charge in [-0.1, -0.05) is 31.9 Å². The van der Waals surface area contributed by atoms with Gasteiger partial charge < -0.3 is 4.43 Å². The Bertz CT molecular complexity index is 64.0. The van der Waals surface area contributed by atoms with Gasteiger partial charge in [0.15, 0.2) is 0 Å². The van der Waals surface area contributed by atoms with Gasteiger partial charge in [0.05, 0.1) is 0 Å². The molecule has 0 atom stereocenters. The molecule has 0 bridgehead atoms. The van der Waals surface area contributed by atoms with Crippen molar-refractivity contribution in [2.24, 2.45) is 0 Å². The van der Waals surface area contributed by atoms with Crippen LogP contribution in [0.4, 0.5) is 0 Å². The molecule has 0 N–H and O–H groups in total. The van der Waals surface area contributed by atoms with Gasteiger partial charge in [-0.3, -0.25) is 0 Å². The summed E-state index contributed by atoms with van der Waals surface area (Å²) in [6.07, 6.45) is 7.87. The lowest BCUT2D eigenvalue weighted by atomic mass is 10.3. The highest BCUT2D eigenvalue weighted by Gasteiger charge is 1.79. The molecule has 0 aromatic carbocycles. The SMILES string of the molecule is CC=CC.CCCCCO[SiH3]. The van der Waals surface area contributed by atoms with E-state index in [0.29, 0.717) is 0 Å². The maximum absolute atomic E-state index is 4.98. The molecule has 0 aromatic rings. The summed E-state index contributed by atoms with van der Waals surface area (Å²) >= 11 is 0. The van der Waals surface area contributed by atoms with Crippen LogP contribution < -0.4 is 0 Å². The smallest absolute Gasteiger partial charge is 0.145 e. The molecule has 0 radical (unpaired) electrons. The molecule has 0 saturated heterocycles. The van der Waals surface area contributed by atoms with Gasteiger partial charge in [-0.05, 0) is 20.3 Å². The third-order valence-electron chi connectivity index (χ3n) is 1.29. The van der Waals surface area contributed by atoms with Crippen LogP contribution >= 0.6 is 0 Å². The molecule has 0 spiro atoms. The van der Waals surface area contributed by atoms with Crippen LogP contribution in [0.3, 0.4) is 0 Å². The molecule has 1 nitrogen and oxygen atoms in total. The predicted molar refractivity (Wildman–Crippen MR) is 55.9 cm³/mol. The quantitative estimate of drug-likeness (QED) is 0.360. The fourth-order valence-electron chi connectivity index (χ4n) is 0.496. The van der Waals surface area contributed by atoms with Crippen LogP contribution in [-0.4, -0.2) is 17.1 Å². The molecule has 0 unspecified atom stereocenters. The topological polar surface area (TPSA) is 9.23 Å². The van der Waals surface area contributed by atoms with Crippen LogP contribution in [0.5, 0.6) is 0 Å². The highest BCUT2D eigenvalue weighted by atomic mass is 28.2. The third kappa shape index (κ3) is 25.7. The zero-order valence-corrected chi connectivity index (χ0v) is 10.4. The highest BCUT2D eigenvalue weighted by Crippen LogP contribution is 1.91. The van der Waals surface area contributed by atoms with E-state index in [0.717, 1.165) is 17.1 Å². The van der Waals surface area contributed by atoms with Crippen LogP contribution in [-0.2, 0) is 4.43 Å². The maximum Gasteiger partial charge on any atom is 0.145 e. The number of hydrogen-bond acceptors (Lipinski definition) is 1. The van der Waals surface area contributed by atoms with Gasteiger partial charge in [-0.25, -0.2) is 0 Å². The summed E-state index contributed by atoms with van der Waals surface area (Å²) in [5.41, 5.74) is 0. The highest BCUT2D eigenvalue weighted by molar-refractivity contribution is 5.97. The minimum Gasteiger partial charge on any atom is -0.428 e. The Morgan fingerprint density at radius 2 is 1.73 bits per heavy atom. The first-order valence-corrected chi connectivity index (χ1v) is 5.21. The molecule has 68 valence electrons. The van der Waals surface area contributed by atoms with Gasteiger partial charge in [0.25, 0.3) is 0 Å². The Labute approximate surface area is 74.4 Å². The Morgan fingerprint density at radius 1 is 1.18 bits per heavy atom. The normalized spacial score (nSPS) is 9.73. The molecular weight excluding hydrogens is 152 g/mol. The summed E-state index contributed by atoms with van der Waals surface area (Å²) in [6.45, 7) is 7.19. The van der Waals surface area contributed by atoms with Crippen LogP contribution in [0.1, 0.15) is 40.0 Å². The average molecular weight is 174 g/mol. The summed E-state index contributed by atoms with van der Waals surface area (Å²) in [4.78, 5) is 0. The fourth-order valence-corrected chi connectivity index (χ4v) is 0.785. The minimum atomic E-state index is 0.906. The van der Waals surface area contributed by atoms with Crippen molar-refractivity contribution in [1.29, 1.82) is 0 Å². The van der Waals surface area contributed by atoms with Crippen LogP contribution in [0.2, 0.25) is 0 Å². The van der Waals surface area contributed by atoms with Crippen molar-refractivity contribution in [1.82, 2.24) is 0 Å². The van der Waals surface area contributed by atoms with Crippen molar-refractivity contribution in [2.75, 3.05) is 6.61 Å². The maximum atomic E-state index is 4.98. The van der Waals surface area contributed by atoms with Crippen LogP contribution in [0.25, 0.3) is 0 Å². The first-order chi connectivity index (χ1) is 5.33. The number of unbranched alkanes of at least 4 members (excludes halogenated alkanes) is 2. The summed E-state index contributed by atoms with van der Waals surface area (Å²) < 4.78 is 4.98. The van der Waals surface area contributed by atoms with E-state index < -0.39 is 0 Å². The zero-order chi connectivity index (χ0) is 8.95. The summed E-state index contributed by atoms with van der Waals surface area (Å²) in [5, 5.41) is 0. The molecule has 2 heteroatoms. The van der Waals surface area contributed by atoms with Crippen LogP contribution in [0.15, 0.2) is 12.2 Å². The van der Waals surface area contributed by atoms with Crippen molar-refractivity contribution in [3.05, 3.63) is 12.2 Å². The molecule has 0 aliphatic heterocycles. The lowest BCUT2D eigenvalue weighted by Gasteiger charge is -1.93. The summed E-state index contributed by atoms with van der Waals surface area (Å²) in [5.74, 6) is 0. The van der Waals surface area contributed by atoms with Gasteiger partial charge in [-0.2, -0.15) is 0 Å². The molecule has 0 aromatic heterocycles. The second-order valence-corrected chi connectivity index (χ2v) is 2.94. The Kier molecular flexibility index (Phi) is 20.2. The third-order valence-corrected chi connectivity index (χ3v) is 1.69. The molecule has 0 aliphatic rings. The average Bonchev–Trinajstić information content (AvgIpc) is 2.06. The number of allylic oxidation sites excluding steroid dienone is 2. The number of hydrogen-bond donors (Lipinski definition) is 0. The summed E-state index contributed by atoms with van der Waals surface area (Å²) in [6, 6.07) is 0. The molecular formula is C9H22OSi. The molecule has 0 amide bonds. The van der Waals surface area contributed by atoms with E-state index in [9.17, 15) is 0 Å². The standard InChI is InChI=1S/C5H14OSi.C4H8/c1-2-3-4-5-6-7;1-3-4-2/h2-5H2,1,7H3;3-4H,1-2H3. The Morgan fingerprint density at radius 3 is 2.00 bits per heavy atom. The summed E-state index contributed by atoms with van der Waals surface area (Å²) in [7, 11) is 0.906. The van der Waals surface area contributed by atoms with E-state index in [1.54, 1.807) is 0 Å². The predicted octanol–water partition coefficient (Wildman–Crippen LogP) is 2.06. The van der Waals surface area contributed by atoms with Crippen molar-refractivity contribution < 1.29 is 4.43 Å². The van der Waals surface area contributed by atoms with E-state index >= 15 is 0 Å². The second-order valence-electron chi connectivity index (χ2n) is 2.37. The van der Waals surface area contributed by atoms with Crippen LogP contribution in [0, 0.1) is 0 Å². The Hall–Kier alpha value is -0.0831. The van der Waals surface area contributed by atoms with Crippen molar-refractivity contribution in [3.63, 3.8) is 0 Å². The zero-order valence-electron chi connectivity index (χ0n) is 8.39.